The molecule has 0 bridgehead atoms. The number of hydrogen-bond donors (Lipinski definition) is 3. The van der Waals surface area contributed by atoms with Crippen LogP contribution in [0.2, 0.25) is 0 Å². The van der Waals surface area contributed by atoms with Crippen molar-refractivity contribution >= 4 is 49.8 Å². The van der Waals surface area contributed by atoms with Crippen LogP contribution in [0.5, 0.6) is 0 Å². The van der Waals surface area contributed by atoms with E-state index in [2.05, 4.69) is 20.3 Å². The Labute approximate surface area is 284 Å². The van der Waals surface area contributed by atoms with Crippen LogP contribution in [-0.2, 0) is 28.3 Å². The molecule has 254 valence electrons. The molecule has 4 aromatic heterocycles. The van der Waals surface area contributed by atoms with Crippen molar-refractivity contribution in [2.45, 2.75) is 17.5 Å². The molecule has 4 heterocycles. The van der Waals surface area contributed by atoms with Crippen LogP contribution in [0.15, 0.2) is 99.4 Å². The van der Waals surface area contributed by atoms with Crippen molar-refractivity contribution in [2.75, 3.05) is 4.72 Å². The minimum absolute atomic E-state index is 0.192. The maximum absolute atomic E-state index is 15.1. The molecule has 0 aliphatic heterocycles. The number of fused-ring (bicyclic) bond motifs is 1. The van der Waals surface area contributed by atoms with Crippen molar-refractivity contribution in [3.63, 3.8) is 0 Å². The number of nitrogens with one attached hydrogen (secondary N) is 2. The van der Waals surface area contributed by atoms with Gasteiger partial charge in [0.2, 0.25) is 0 Å². The quantitative estimate of drug-likeness (QED) is 0.189. The van der Waals surface area contributed by atoms with E-state index in [0.29, 0.717) is 33.8 Å². The van der Waals surface area contributed by atoms with E-state index in [9.17, 15) is 32.7 Å². The summed E-state index contributed by atoms with van der Waals surface area (Å²) < 4.78 is 60.0. The fourth-order valence-electron chi connectivity index (χ4n) is 5.06. The molecule has 1 atom stereocenters. The number of anilines is 1. The zero-order chi connectivity index (χ0) is 35.7. The lowest BCUT2D eigenvalue weighted by molar-refractivity contribution is -0.139. The van der Waals surface area contributed by atoms with Crippen LogP contribution < -0.4 is 21.3 Å². The second-order valence-electron chi connectivity index (χ2n) is 10.8. The smallest absolute Gasteiger partial charge is 0.335 e. The number of hydrogen-bond acceptors (Lipinski definition) is 10. The number of nitrogens with zero attached hydrogens (tertiary/aromatic N) is 5. The summed E-state index contributed by atoms with van der Waals surface area (Å²) in [4.78, 5) is 62.9. The highest BCUT2D eigenvalue weighted by molar-refractivity contribution is 7.92. The highest BCUT2D eigenvalue weighted by Crippen LogP contribution is 2.24. The standard InChI is InChI=1S/C32H23F2N7O7S2/c1-40-25-16-35-9-8-21(25)30(43)41(32(40)46)20-5-2-17(3-6-20)12-24(31(44)45)38-28(42)27-22(33)13-19(14-23(27)34)39-50(47,48)26-7-4-18(15-37-26)29-36-10-11-49-29/h2-11,13-16,24,39H,12H2,1H3,(H,38,42)(H,44,45)/t24-/m0/s1. The Morgan fingerprint density at radius 1 is 0.980 bits per heavy atom. The molecular formula is C32H23F2N7O7S2. The Morgan fingerprint density at radius 2 is 1.70 bits per heavy atom. The fourth-order valence-corrected chi connectivity index (χ4v) is 6.66. The van der Waals surface area contributed by atoms with Crippen LogP contribution in [0.1, 0.15) is 15.9 Å². The number of carbonyl (C=O) groups excluding carboxylic acids is 1. The monoisotopic (exact) mass is 719 g/mol. The van der Waals surface area contributed by atoms with Gasteiger partial charge >= 0.3 is 11.7 Å². The van der Waals surface area contributed by atoms with Crippen LogP contribution in [0.4, 0.5) is 14.5 Å². The number of carbonyl (C=O) groups is 2. The predicted molar refractivity (Wildman–Crippen MR) is 178 cm³/mol. The molecule has 0 saturated carbocycles. The van der Waals surface area contributed by atoms with E-state index < -0.39 is 67.1 Å². The fraction of sp³-hybridized carbons (Fsp3) is 0.0938. The summed E-state index contributed by atoms with van der Waals surface area (Å²) in [5.74, 6) is -5.84. The van der Waals surface area contributed by atoms with Gasteiger partial charge in [-0.3, -0.25) is 23.9 Å². The highest BCUT2D eigenvalue weighted by Gasteiger charge is 2.27. The number of sulfonamides is 1. The Kier molecular flexibility index (Phi) is 9.05. The molecule has 2 aromatic carbocycles. The number of aromatic nitrogens is 5. The first-order valence-electron chi connectivity index (χ1n) is 14.4. The van der Waals surface area contributed by atoms with Crippen LogP contribution in [0.25, 0.3) is 27.2 Å². The molecule has 0 fully saturated rings. The first-order valence-corrected chi connectivity index (χ1v) is 16.8. The molecule has 0 spiro atoms. The number of pyridine rings is 2. The van der Waals surface area contributed by atoms with E-state index in [1.54, 1.807) is 11.6 Å². The van der Waals surface area contributed by atoms with Gasteiger partial charge in [-0.1, -0.05) is 12.1 Å². The van der Waals surface area contributed by atoms with Crippen molar-refractivity contribution < 1.29 is 31.9 Å². The molecule has 0 aliphatic carbocycles. The summed E-state index contributed by atoms with van der Waals surface area (Å²) >= 11 is 1.32. The van der Waals surface area contributed by atoms with Crippen LogP contribution >= 0.6 is 11.3 Å². The van der Waals surface area contributed by atoms with Crippen molar-refractivity contribution in [1.82, 2.24) is 29.4 Å². The SMILES string of the molecule is Cn1c(=O)n(-c2ccc(C[C@H](NC(=O)c3c(F)cc(NS(=O)(=O)c4ccc(-c5nccs5)cn4)cc3F)C(=O)O)cc2)c(=O)c2ccncc21. The molecule has 0 unspecified atom stereocenters. The van der Waals surface area contributed by atoms with Crippen molar-refractivity contribution in [1.29, 1.82) is 0 Å². The van der Waals surface area contributed by atoms with E-state index in [1.165, 1.54) is 84.0 Å². The van der Waals surface area contributed by atoms with Crippen molar-refractivity contribution in [3.8, 4) is 16.3 Å². The maximum Gasteiger partial charge on any atom is 0.335 e. The van der Waals surface area contributed by atoms with E-state index in [1.807, 2.05) is 4.72 Å². The molecule has 6 aromatic rings. The van der Waals surface area contributed by atoms with E-state index in [0.717, 1.165) is 4.57 Å². The summed E-state index contributed by atoms with van der Waals surface area (Å²) in [6.45, 7) is 0. The zero-order valence-electron chi connectivity index (χ0n) is 25.6. The molecule has 18 heteroatoms. The van der Waals surface area contributed by atoms with Gasteiger partial charge in [0.25, 0.3) is 21.5 Å². The van der Waals surface area contributed by atoms with Gasteiger partial charge in [-0.15, -0.1) is 11.3 Å². The largest absolute Gasteiger partial charge is 0.480 e. The van der Waals surface area contributed by atoms with E-state index >= 15 is 8.78 Å². The molecular weight excluding hydrogens is 697 g/mol. The van der Waals surface area contributed by atoms with E-state index in [4.69, 9.17) is 0 Å². The van der Waals surface area contributed by atoms with Gasteiger partial charge in [-0.2, -0.15) is 8.42 Å². The second-order valence-corrected chi connectivity index (χ2v) is 13.3. The average Bonchev–Trinajstić information content (AvgIpc) is 3.63. The third-order valence-electron chi connectivity index (χ3n) is 7.52. The number of carboxylic acids is 1. The lowest BCUT2D eigenvalue weighted by atomic mass is 10.0. The van der Waals surface area contributed by atoms with Gasteiger partial charge in [-0.05, 0) is 48.0 Å². The second kappa shape index (κ2) is 13.4. The minimum atomic E-state index is -4.40. The molecule has 50 heavy (non-hydrogen) atoms. The minimum Gasteiger partial charge on any atom is -0.480 e. The number of thiazole rings is 1. The summed E-state index contributed by atoms with van der Waals surface area (Å²) in [7, 11) is -2.92. The average molecular weight is 720 g/mol. The van der Waals surface area contributed by atoms with Crippen molar-refractivity contribution in [3.05, 3.63) is 128 Å². The molecule has 0 radical (unpaired) electrons. The van der Waals surface area contributed by atoms with E-state index in [-0.39, 0.29) is 17.5 Å². The number of halogens is 2. The number of carboxylic acid groups (broad SMARTS) is 1. The lowest BCUT2D eigenvalue weighted by Crippen LogP contribution is -2.43. The molecule has 0 saturated heterocycles. The maximum atomic E-state index is 15.1. The molecule has 6 rings (SSSR count). The van der Waals surface area contributed by atoms with Gasteiger partial charge in [0, 0.05) is 43.0 Å². The first kappa shape index (κ1) is 33.7. The molecule has 3 N–H and O–H groups in total. The predicted octanol–water partition coefficient (Wildman–Crippen LogP) is 3.11. The molecule has 0 aliphatic rings. The van der Waals surface area contributed by atoms with Crippen LogP contribution in [0, 0.1) is 11.6 Å². The number of aliphatic carboxylic acids is 1. The number of rotatable bonds is 10. The summed E-state index contributed by atoms with van der Waals surface area (Å²) in [6, 6.07) is 9.31. The van der Waals surface area contributed by atoms with Gasteiger partial charge in [0.15, 0.2) is 5.03 Å². The highest BCUT2D eigenvalue weighted by atomic mass is 32.2. The third-order valence-corrected chi connectivity index (χ3v) is 9.64. The Hall–Kier alpha value is -6.14. The summed E-state index contributed by atoms with van der Waals surface area (Å²) in [5, 5.41) is 14.0. The molecule has 14 nitrogen and oxygen atoms in total. The van der Waals surface area contributed by atoms with Gasteiger partial charge < -0.3 is 10.4 Å². The number of amides is 1. The Morgan fingerprint density at radius 3 is 2.32 bits per heavy atom. The Balaban J connectivity index is 1.17. The molecule has 1 amide bonds. The summed E-state index contributed by atoms with van der Waals surface area (Å²) in [5.41, 5.74) is -1.48. The number of benzene rings is 2. The van der Waals surface area contributed by atoms with Crippen LogP contribution in [-0.4, -0.2) is 55.5 Å². The van der Waals surface area contributed by atoms with Crippen LogP contribution in [0.3, 0.4) is 0 Å². The van der Waals surface area contributed by atoms with Gasteiger partial charge in [0.05, 0.1) is 28.5 Å². The summed E-state index contributed by atoms with van der Waals surface area (Å²) in [6.07, 6.45) is 5.32. The lowest BCUT2D eigenvalue weighted by Gasteiger charge is -2.16. The Bertz CT molecular complexity index is 2480. The number of aryl methyl sites for hydroxylation is 1. The normalized spacial score (nSPS) is 12.1. The topological polar surface area (TPSA) is 195 Å². The van der Waals surface area contributed by atoms with Gasteiger partial charge in [0.1, 0.15) is 28.2 Å². The van der Waals surface area contributed by atoms with Crippen molar-refractivity contribution in [2.24, 2.45) is 7.05 Å². The zero-order valence-corrected chi connectivity index (χ0v) is 27.2. The third kappa shape index (κ3) is 6.61. The van der Waals surface area contributed by atoms with Gasteiger partial charge in [-0.25, -0.2) is 32.9 Å². The first-order chi connectivity index (χ1) is 23.8.